The minimum atomic E-state index is -0.471. The van der Waals surface area contributed by atoms with E-state index in [9.17, 15) is 10.1 Å². The molecule has 3 rings (SSSR count). The molecule has 2 heterocycles. The fourth-order valence-electron chi connectivity index (χ4n) is 1.92. The Kier molecular flexibility index (Phi) is 3.19. The van der Waals surface area contributed by atoms with Crippen molar-refractivity contribution >= 4 is 32.8 Å². The van der Waals surface area contributed by atoms with Gasteiger partial charge < -0.3 is 4.98 Å². The normalized spacial score (nSPS) is 10.8. The van der Waals surface area contributed by atoms with Crippen LogP contribution in [0.4, 0.5) is 5.69 Å². The summed E-state index contributed by atoms with van der Waals surface area (Å²) in [7, 11) is 0. The molecule has 0 aliphatic heterocycles. The zero-order chi connectivity index (χ0) is 14.1. The van der Waals surface area contributed by atoms with Gasteiger partial charge in [-0.15, -0.1) is 0 Å². The summed E-state index contributed by atoms with van der Waals surface area (Å²) in [5.74, 6) is 0.732. The molecule has 0 bridgehead atoms. The van der Waals surface area contributed by atoms with Crippen molar-refractivity contribution in [3.63, 3.8) is 0 Å². The predicted molar refractivity (Wildman–Crippen MR) is 77.5 cm³/mol. The molecule has 3 aromatic rings. The molecule has 0 radical (unpaired) electrons. The Balaban J connectivity index is 1.92. The number of hydrogen-bond acceptors (Lipinski definition) is 4. The van der Waals surface area contributed by atoms with E-state index in [0.29, 0.717) is 17.6 Å². The van der Waals surface area contributed by atoms with E-state index in [1.54, 1.807) is 0 Å². The quantitative estimate of drug-likeness (QED) is 0.589. The number of halogens is 1. The smallest absolute Gasteiger partial charge is 0.289 e. The Hall–Kier alpha value is -2.28. The number of aromatic nitrogens is 3. The van der Waals surface area contributed by atoms with Gasteiger partial charge >= 0.3 is 0 Å². The third-order valence-corrected chi connectivity index (χ3v) is 3.40. The number of aromatic amines is 1. The molecule has 1 aromatic carbocycles. The lowest BCUT2D eigenvalue weighted by atomic mass is 10.1. The topological polar surface area (TPSA) is 84.7 Å². The van der Waals surface area contributed by atoms with Crippen LogP contribution in [0, 0.1) is 10.1 Å². The van der Waals surface area contributed by atoms with Gasteiger partial charge in [0.2, 0.25) is 0 Å². The third-order valence-electron chi connectivity index (χ3n) is 2.87. The zero-order valence-electron chi connectivity index (χ0n) is 10.2. The van der Waals surface area contributed by atoms with Crippen molar-refractivity contribution in [2.75, 3.05) is 0 Å². The second kappa shape index (κ2) is 5.01. The van der Waals surface area contributed by atoms with Gasteiger partial charge in [0, 0.05) is 17.0 Å². The van der Waals surface area contributed by atoms with Crippen LogP contribution in [0.5, 0.6) is 0 Å². The molecule has 1 N–H and O–H groups in total. The highest BCUT2D eigenvalue weighted by Crippen LogP contribution is 2.18. The maximum absolute atomic E-state index is 10.7. The van der Waals surface area contributed by atoms with E-state index >= 15 is 0 Å². The number of benzene rings is 1. The lowest BCUT2D eigenvalue weighted by Crippen LogP contribution is -1.89. The SMILES string of the molecule is O=[N+]([O-])c1cnc2nc(Cc3ccc(Br)cc3)[nH]c2c1. The number of H-pyrrole nitrogens is 1. The van der Waals surface area contributed by atoms with Gasteiger partial charge in [-0.25, -0.2) is 9.97 Å². The molecular formula is C13H9BrN4O2. The van der Waals surface area contributed by atoms with Crippen molar-refractivity contribution in [3.8, 4) is 0 Å². The molecule has 0 saturated carbocycles. The number of nitrogens with one attached hydrogen (secondary N) is 1. The molecule has 7 heteroatoms. The van der Waals surface area contributed by atoms with Crippen LogP contribution in [0.25, 0.3) is 11.2 Å². The van der Waals surface area contributed by atoms with Crippen molar-refractivity contribution in [1.29, 1.82) is 0 Å². The Bertz CT molecular complexity index is 783. The van der Waals surface area contributed by atoms with Crippen LogP contribution in [0.15, 0.2) is 41.0 Å². The summed E-state index contributed by atoms with van der Waals surface area (Å²) >= 11 is 3.38. The van der Waals surface area contributed by atoms with E-state index in [0.717, 1.165) is 15.9 Å². The lowest BCUT2D eigenvalue weighted by Gasteiger charge is -1.97. The monoisotopic (exact) mass is 332 g/mol. The number of rotatable bonds is 3. The molecule has 0 fully saturated rings. The number of fused-ring (bicyclic) bond motifs is 1. The van der Waals surface area contributed by atoms with Crippen molar-refractivity contribution in [2.24, 2.45) is 0 Å². The van der Waals surface area contributed by atoms with E-state index in [1.165, 1.54) is 12.3 Å². The Morgan fingerprint density at radius 3 is 2.75 bits per heavy atom. The van der Waals surface area contributed by atoms with Gasteiger partial charge in [-0.1, -0.05) is 28.1 Å². The van der Waals surface area contributed by atoms with Gasteiger partial charge in [0.05, 0.1) is 10.4 Å². The Labute approximate surface area is 122 Å². The first-order valence-corrected chi connectivity index (χ1v) is 6.64. The van der Waals surface area contributed by atoms with Crippen LogP contribution in [-0.4, -0.2) is 19.9 Å². The molecule has 20 heavy (non-hydrogen) atoms. The second-order valence-corrected chi connectivity index (χ2v) is 5.22. The highest BCUT2D eigenvalue weighted by molar-refractivity contribution is 9.10. The average Bonchev–Trinajstić information content (AvgIpc) is 2.82. The van der Waals surface area contributed by atoms with Gasteiger partial charge in [-0.05, 0) is 17.7 Å². The van der Waals surface area contributed by atoms with Crippen LogP contribution in [0.2, 0.25) is 0 Å². The predicted octanol–water partition coefficient (Wildman–Crippen LogP) is 3.22. The molecular weight excluding hydrogens is 324 g/mol. The summed E-state index contributed by atoms with van der Waals surface area (Å²) in [4.78, 5) is 21.6. The minimum absolute atomic E-state index is 0.0451. The highest BCUT2D eigenvalue weighted by atomic mass is 79.9. The van der Waals surface area contributed by atoms with Crippen LogP contribution in [0.1, 0.15) is 11.4 Å². The number of nitrogens with zero attached hydrogens (tertiary/aromatic N) is 3. The summed E-state index contributed by atoms with van der Waals surface area (Å²) in [5, 5.41) is 10.7. The summed E-state index contributed by atoms with van der Waals surface area (Å²) < 4.78 is 1.02. The Morgan fingerprint density at radius 1 is 1.30 bits per heavy atom. The standard InChI is InChI=1S/C13H9BrN4O2/c14-9-3-1-8(2-4-9)5-12-16-11-6-10(18(19)20)7-15-13(11)17-12/h1-4,6-7H,5H2,(H,15,16,17). The lowest BCUT2D eigenvalue weighted by molar-refractivity contribution is -0.385. The van der Waals surface area contributed by atoms with Gasteiger partial charge in [0.15, 0.2) is 5.65 Å². The van der Waals surface area contributed by atoms with Gasteiger partial charge in [-0.3, -0.25) is 10.1 Å². The average molecular weight is 333 g/mol. The third kappa shape index (κ3) is 2.53. The van der Waals surface area contributed by atoms with Crippen molar-refractivity contribution in [3.05, 3.63) is 62.5 Å². The minimum Gasteiger partial charge on any atom is -0.340 e. The van der Waals surface area contributed by atoms with Crippen molar-refractivity contribution < 1.29 is 4.92 Å². The molecule has 100 valence electrons. The Morgan fingerprint density at radius 2 is 2.05 bits per heavy atom. The van der Waals surface area contributed by atoms with Gasteiger partial charge in [0.25, 0.3) is 5.69 Å². The first kappa shape index (κ1) is 12.7. The van der Waals surface area contributed by atoms with Gasteiger partial charge in [-0.2, -0.15) is 0 Å². The molecule has 0 unspecified atom stereocenters. The van der Waals surface area contributed by atoms with Crippen molar-refractivity contribution in [1.82, 2.24) is 15.0 Å². The van der Waals surface area contributed by atoms with E-state index < -0.39 is 4.92 Å². The van der Waals surface area contributed by atoms with Gasteiger partial charge in [0.1, 0.15) is 12.0 Å². The number of nitro groups is 1. The summed E-state index contributed by atoms with van der Waals surface area (Å²) in [6.45, 7) is 0. The zero-order valence-corrected chi connectivity index (χ0v) is 11.8. The fourth-order valence-corrected chi connectivity index (χ4v) is 2.18. The first-order valence-electron chi connectivity index (χ1n) is 5.85. The molecule has 0 saturated heterocycles. The molecule has 2 aromatic heterocycles. The van der Waals surface area contributed by atoms with Crippen LogP contribution < -0.4 is 0 Å². The number of hydrogen-bond donors (Lipinski definition) is 1. The largest absolute Gasteiger partial charge is 0.340 e. The molecule has 0 aliphatic carbocycles. The van der Waals surface area contributed by atoms with E-state index in [4.69, 9.17) is 0 Å². The van der Waals surface area contributed by atoms with Crippen molar-refractivity contribution in [2.45, 2.75) is 6.42 Å². The summed E-state index contributed by atoms with van der Waals surface area (Å²) in [5.41, 5.74) is 2.12. The van der Waals surface area contributed by atoms with Crippen LogP contribution >= 0.6 is 15.9 Å². The van der Waals surface area contributed by atoms with E-state index in [2.05, 4.69) is 30.9 Å². The molecule has 6 nitrogen and oxygen atoms in total. The summed E-state index contributed by atoms with van der Waals surface area (Å²) in [6.07, 6.45) is 1.84. The number of imidazole rings is 1. The molecule has 0 atom stereocenters. The van der Waals surface area contributed by atoms with E-state index in [-0.39, 0.29) is 5.69 Å². The van der Waals surface area contributed by atoms with Crippen LogP contribution in [0.3, 0.4) is 0 Å². The van der Waals surface area contributed by atoms with E-state index in [1.807, 2.05) is 24.3 Å². The molecule has 0 aliphatic rings. The second-order valence-electron chi connectivity index (χ2n) is 4.31. The number of pyridine rings is 1. The first-order chi connectivity index (χ1) is 9.61. The highest BCUT2D eigenvalue weighted by Gasteiger charge is 2.11. The maximum atomic E-state index is 10.7. The fraction of sp³-hybridized carbons (Fsp3) is 0.0769. The molecule has 0 amide bonds. The maximum Gasteiger partial charge on any atom is 0.289 e. The molecule has 0 spiro atoms. The van der Waals surface area contributed by atoms with Crippen LogP contribution in [-0.2, 0) is 6.42 Å². The summed E-state index contributed by atoms with van der Waals surface area (Å²) in [6, 6.07) is 9.35.